The van der Waals surface area contributed by atoms with Gasteiger partial charge in [0.25, 0.3) is 0 Å². The molecule has 2 N–H and O–H groups in total. The largest absolute Gasteiger partial charge is 0.424 e. The van der Waals surface area contributed by atoms with Crippen LogP contribution in [0.2, 0.25) is 0 Å². The summed E-state index contributed by atoms with van der Waals surface area (Å²) in [6.07, 6.45) is 4.54. The summed E-state index contributed by atoms with van der Waals surface area (Å²) in [6.45, 7) is 4.60. The zero-order valence-electron chi connectivity index (χ0n) is 20.3. The first-order chi connectivity index (χ1) is 18.0. The topological polar surface area (TPSA) is 103 Å². The summed E-state index contributed by atoms with van der Waals surface area (Å²) in [6, 6.07) is 17.8. The Morgan fingerprint density at radius 2 is 1.84 bits per heavy atom. The number of hydrogen-bond acceptors (Lipinski definition) is 7. The number of aromatic nitrogens is 4. The number of hydrogen-bond donors (Lipinski definition) is 1. The van der Waals surface area contributed by atoms with Crippen molar-refractivity contribution in [3.8, 4) is 0 Å². The molecule has 8 nitrogen and oxygen atoms in total. The quantitative estimate of drug-likeness (QED) is 0.281. The van der Waals surface area contributed by atoms with E-state index in [2.05, 4.69) is 67.8 Å². The maximum absolute atomic E-state index is 13.1. The zero-order chi connectivity index (χ0) is 25.5. The number of anilines is 1. The zero-order valence-corrected chi connectivity index (χ0v) is 22.4. The number of nitrogens with zero attached hydrogens (tertiary/aromatic N) is 5. The first-order valence-electron chi connectivity index (χ1n) is 12.2. The molecule has 5 aromatic rings. The van der Waals surface area contributed by atoms with Crippen LogP contribution in [0.5, 0.6) is 0 Å². The number of nitrogens with two attached hydrogens (primary N) is 1. The third kappa shape index (κ3) is 4.31. The van der Waals surface area contributed by atoms with Gasteiger partial charge in [-0.1, -0.05) is 54.6 Å². The highest BCUT2D eigenvalue weighted by atomic mass is 127. The van der Waals surface area contributed by atoms with E-state index < -0.39 is 6.04 Å². The van der Waals surface area contributed by atoms with Crippen molar-refractivity contribution in [3.05, 3.63) is 98.0 Å². The molecule has 1 aliphatic rings. The van der Waals surface area contributed by atoms with E-state index in [1.165, 1.54) is 17.5 Å². The van der Waals surface area contributed by atoms with Gasteiger partial charge in [0.05, 0.1) is 10.8 Å². The van der Waals surface area contributed by atoms with Crippen molar-refractivity contribution in [2.24, 2.45) is 0 Å². The number of fused-ring (bicyclic) bond motifs is 2. The van der Waals surface area contributed by atoms with Crippen molar-refractivity contribution >= 4 is 55.8 Å². The number of halogens is 1. The van der Waals surface area contributed by atoms with Crippen LogP contribution in [-0.2, 0) is 6.54 Å². The molecule has 2 aromatic carbocycles. The lowest BCUT2D eigenvalue weighted by Gasteiger charge is -2.28. The van der Waals surface area contributed by atoms with E-state index in [-0.39, 0.29) is 5.63 Å². The summed E-state index contributed by atoms with van der Waals surface area (Å²) < 4.78 is 8.53. The van der Waals surface area contributed by atoms with Crippen molar-refractivity contribution in [1.29, 1.82) is 0 Å². The lowest BCUT2D eigenvalue weighted by Crippen LogP contribution is -2.28. The molecule has 9 heteroatoms. The van der Waals surface area contributed by atoms with Crippen molar-refractivity contribution in [1.82, 2.24) is 24.6 Å². The van der Waals surface area contributed by atoms with Gasteiger partial charge in [0.1, 0.15) is 27.6 Å². The van der Waals surface area contributed by atoms with Crippen LogP contribution in [-0.4, -0.2) is 37.7 Å². The molecule has 0 fully saturated rings. The molecule has 0 bridgehead atoms. The Labute approximate surface area is 227 Å². The normalized spacial score (nSPS) is 15.2. The first kappa shape index (κ1) is 23.8. The number of benzene rings is 2. The van der Waals surface area contributed by atoms with Gasteiger partial charge in [-0.15, -0.1) is 0 Å². The van der Waals surface area contributed by atoms with E-state index in [4.69, 9.17) is 15.2 Å². The molecule has 1 unspecified atom stereocenters. The Hall–Kier alpha value is -3.57. The minimum atomic E-state index is -0.393. The summed E-state index contributed by atoms with van der Waals surface area (Å²) >= 11 is 2.14. The predicted molar refractivity (Wildman–Crippen MR) is 153 cm³/mol. The minimum absolute atomic E-state index is 0.358. The highest BCUT2D eigenvalue weighted by molar-refractivity contribution is 14.1. The van der Waals surface area contributed by atoms with Crippen LogP contribution >= 0.6 is 22.6 Å². The smallest absolute Gasteiger partial charge is 0.343 e. The molecule has 1 atom stereocenters. The molecule has 186 valence electrons. The number of rotatable bonds is 5. The van der Waals surface area contributed by atoms with E-state index in [0.717, 1.165) is 37.0 Å². The summed E-state index contributed by atoms with van der Waals surface area (Å²) in [5, 5.41) is 6.88. The lowest BCUT2D eigenvalue weighted by molar-refractivity contribution is 0.293. The fourth-order valence-corrected chi connectivity index (χ4v) is 5.85. The van der Waals surface area contributed by atoms with Crippen molar-refractivity contribution in [3.63, 3.8) is 0 Å². The van der Waals surface area contributed by atoms with E-state index in [1.807, 2.05) is 37.3 Å². The van der Waals surface area contributed by atoms with Gasteiger partial charge in [-0.05, 0) is 58.5 Å². The van der Waals surface area contributed by atoms with Gasteiger partial charge >= 0.3 is 5.63 Å². The lowest BCUT2D eigenvalue weighted by atomic mass is 9.92. The fourth-order valence-electron chi connectivity index (χ4n) is 5.10. The van der Waals surface area contributed by atoms with Gasteiger partial charge in [0, 0.05) is 25.2 Å². The molecule has 6 rings (SSSR count). The van der Waals surface area contributed by atoms with E-state index >= 15 is 0 Å². The van der Waals surface area contributed by atoms with Gasteiger partial charge in [-0.2, -0.15) is 5.10 Å². The van der Waals surface area contributed by atoms with Crippen LogP contribution in [0.4, 0.5) is 5.82 Å². The summed E-state index contributed by atoms with van der Waals surface area (Å²) in [5.41, 5.74) is 9.81. The Morgan fingerprint density at radius 1 is 1.08 bits per heavy atom. The molecule has 0 aliphatic carbocycles. The van der Waals surface area contributed by atoms with Crippen LogP contribution in [0.1, 0.15) is 36.3 Å². The summed E-state index contributed by atoms with van der Waals surface area (Å²) in [7, 11) is 0. The molecule has 0 radical (unpaired) electrons. The average Bonchev–Trinajstić information content (AvgIpc) is 3.27. The Morgan fingerprint density at radius 3 is 2.59 bits per heavy atom. The Kier molecular flexibility index (Phi) is 6.25. The molecular formula is C28H25IN6O2. The van der Waals surface area contributed by atoms with Gasteiger partial charge in [-0.25, -0.2) is 19.4 Å². The van der Waals surface area contributed by atoms with Crippen LogP contribution in [0, 0.1) is 3.70 Å². The highest BCUT2D eigenvalue weighted by Crippen LogP contribution is 2.36. The van der Waals surface area contributed by atoms with Gasteiger partial charge in [0.15, 0.2) is 5.65 Å². The third-order valence-corrected chi connectivity index (χ3v) is 7.71. The van der Waals surface area contributed by atoms with Crippen LogP contribution in [0.3, 0.4) is 0 Å². The van der Waals surface area contributed by atoms with E-state index in [0.29, 0.717) is 31.7 Å². The molecule has 3 aromatic heterocycles. The van der Waals surface area contributed by atoms with Crippen LogP contribution in [0.25, 0.3) is 27.4 Å². The first-order valence-corrected chi connectivity index (χ1v) is 13.2. The predicted octanol–water partition coefficient (Wildman–Crippen LogP) is 5.02. The Balaban J connectivity index is 1.46. The second-order valence-corrected chi connectivity index (χ2v) is 10.3. The second kappa shape index (κ2) is 9.71. The van der Waals surface area contributed by atoms with E-state index in [9.17, 15) is 4.79 Å². The summed E-state index contributed by atoms with van der Waals surface area (Å²) in [4.78, 5) is 24.1. The van der Waals surface area contributed by atoms with Gasteiger partial charge < -0.3 is 10.2 Å². The monoisotopic (exact) mass is 604 g/mol. The molecule has 4 heterocycles. The fraction of sp³-hybridized carbons (Fsp3) is 0.214. The average molecular weight is 604 g/mol. The molecule has 0 amide bonds. The molecule has 0 saturated heterocycles. The minimum Gasteiger partial charge on any atom is -0.424 e. The number of nitrogen functional groups attached to an aromatic ring is 1. The molecule has 0 saturated carbocycles. The van der Waals surface area contributed by atoms with E-state index in [1.54, 1.807) is 4.68 Å². The summed E-state index contributed by atoms with van der Waals surface area (Å²) in [5.74, 6) is 0.950. The van der Waals surface area contributed by atoms with Crippen molar-refractivity contribution < 1.29 is 4.42 Å². The second-order valence-electron chi connectivity index (χ2n) is 9.24. The maximum atomic E-state index is 13.1. The van der Waals surface area contributed by atoms with Gasteiger partial charge in [-0.3, -0.25) is 4.90 Å². The third-order valence-electron chi connectivity index (χ3n) is 6.95. The van der Waals surface area contributed by atoms with Gasteiger partial charge in [0.2, 0.25) is 0 Å². The van der Waals surface area contributed by atoms with Crippen LogP contribution < -0.4 is 11.4 Å². The molecule has 1 aliphatic heterocycles. The molecule has 37 heavy (non-hydrogen) atoms. The SMILES string of the molecule is CC(c1oc(=O)c2ccccc2c1C1=CCN(Cc2ccccc2)CC1)n1nc(I)c2c(N)ncnc21. The highest BCUT2D eigenvalue weighted by Gasteiger charge is 2.27. The standard InChI is InChI=1S/C28H25IN6O2/c1-17(35-27-23(25(29)33-35)26(30)31-16-32-27)24-22(20-9-5-6-10-21(20)28(36)37-24)19-11-13-34(14-12-19)15-18-7-3-2-4-8-18/h2-11,16-17H,12-15H2,1H3,(H2,30,31,32). The van der Waals surface area contributed by atoms with Crippen molar-refractivity contribution in [2.75, 3.05) is 18.8 Å². The Bertz CT molecular complexity index is 1710. The van der Waals surface area contributed by atoms with Crippen LogP contribution in [0.15, 0.2) is 76.2 Å². The van der Waals surface area contributed by atoms with Crippen molar-refractivity contribution in [2.45, 2.75) is 25.9 Å². The molecular weight excluding hydrogens is 579 g/mol. The maximum Gasteiger partial charge on any atom is 0.343 e. The molecule has 0 spiro atoms.